The van der Waals surface area contributed by atoms with Crippen molar-refractivity contribution in [3.63, 3.8) is 0 Å². The van der Waals surface area contributed by atoms with Crippen LogP contribution in [0.2, 0.25) is 0 Å². The van der Waals surface area contributed by atoms with Gasteiger partial charge in [0, 0.05) is 5.56 Å². The third-order valence-corrected chi connectivity index (χ3v) is 3.47. The molecule has 2 aromatic rings. The van der Waals surface area contributed by atoms with Crippen molar-refractivity contribution < 1.29 is 9.84 Å². The highest BCUT2D eigenvalue weighted by atomic mass is 16.5. The molecule has 2 heteroatoms. The van der Waals surface area contributed by atoms with Gasteiger partial charge in [0.15, 0.2) is 0 Å². The molecular formula is C18H22O2. The summed E-state index contributed by atoms with van der Waals surface area (Å²) in [6.07, 6.45) is -0.542. The minimum atomic E-state index is -0.542. The molecule has 1 atom stereocenters. The van der Waals surface area contributed by atoms with E-state index < -0.39 is 6.10 Å². The second kappa shape index (κ2) is 6.10. The van der Waals surface area contributed by atoms with E-state index in [1.54, 1.807) is 6.92 Å². The molecule has 2 rings (SSSR count). The molecule has 1 N–H and O–H groups in total. The van der Waals surface area contributed by atoms with Crippen LogP contribution in [-0.4, -0.2) is 5.11 Å². The van der Waals surface area contributed by atoms with Gasteiger partial charge in [-0.2, -0.15) is 0 Å². The minimum Gasteiger partial charge on any atom is -0.457 e. The van der Waals surface area contributed by atoms with Gasteiger partial charge >= 0.3 is 0 Å². The lowest BCUT2D eigenvalue weighted by molar-refractivity contribution is 0.195. The molecule has 2 nitrogen and oxygen atoms in total. The van der Waals surface area contributed by atoms with Crippen LogP contribution < -0.4 is 4.74 Å². The summed E-state index contributed by atoms with van der Waals surface area (Å²) >= 11 is 0. The zero-order chi connectivity index (χ0) is 14.7. The predicted molar refractivity (Wildman–Crippen MR) is 82.4 cm³/mol. The molecule has 0 fully saturated rings. The maximum atomic E-state index is 9.81. The van der Waals surface area contributed by atoms with E-state index in [0.29, 0.717) is 11.7 Å². The predicted octanol–water partition coefficient (Wildman–Crippen LogP) is 4.96. The van der Waals surface area contributed by atoms with Crippen LogP contribution in [0.4, 0.5) is 0 Å². The van der Waals surface area contributed by atoms with Crippen molar-refractivity contribution in [2.75, 3.05) is 0 Å². The summed E-state index contributed by atoms with van der Waals surface area (Å²) in [6.45, 7) is 8.11. The summed E-state index contributed by atoms with van der Waals surface area (Å²) in [5.74, 6) is 2.03. The van der Waals surface area contributed by atoms with Gasteiger partial charge < -0.3 is 9.84 Å². The summed E-state index contributed by atoms with van der Waals surface area (Å²) in [6, 6.07) is 13.9. The number of aliphatic hydroxyl groups is 1. The smallest absolute Gasteiger partial charge is 0.133 e. The van der Waals surface area contributed by atoms with Gasteiger partial charge in [-0.3, -0.25) is 0 Å². The second-order valence-electron chi connectivity index (χ2n) is 5.50. The largest absolute Gasteiger partial charge is 0.457 e. The summed E-state index contributed by atoms with van der Waals surface area (Å²) in [7, 11) is 0. The number of hydrogen-bond donors (Lipinski definition) is 1. The third kappa shape index (κ3) is 3.20. The lowest BCUT2D eigenvalue weighted by Crippen LogP contribution is -1.97. The van der Waals surface area contributed by atoms with E-state index in [2.05, 4.69) is 32.0 Å². The van der Waals surface area contributed by atoms with Crippen LogP contribution in [0.3, 0.4) is 0 Å². The Kier molecular flexibility index (Phi) is 4.46. The van der Waals surface area contributed by atoms with Gasteiger partial charge in [-0.25, -0.2) is 0 Å². The zero-order valence-electron chi connectivity index (χ0n) is 12.6. The van der Waals surface area contributed by atoms with Crippen molar-refractivity contribution in [1.82, 2.24) is 0 Å². The third-order valence-electron chi connectivity index (χ3n) is 3.47. The molecule has 0 saturated heterocycles. The average molecular weight is 270 g/mol. The van der Waals surface area contributed by atoms with Gasteiger partial charge in [0.1, 0.15) is 11.5 Å². The van der Waals surface area contributed by atoms with E-state index in [4.69, 9.17) is 4.74 Å². The first kappa shape index (κ1) is 14.6. The molecular weight excluding hydrogens is 248 g/mol. The van der Waals surface area contributed by atoms with Crippen LogP contribution in [0, 0.1) is 6.92 Å². The van der Waals surface area contributed by atoms with Crippen LogP contribution in [-0.2, 0) is 0 Å². The molecule has 0 aromatic heterocycles. The summed E-state index contributed by atoms with van der Waals surface area (Å²) < 4.78 is 6.03. The number of hydrogen-bond acceptors (Lipinski definition) is 2. The van der Waals surface area contributed by atoms with E-state index in [9.17, 15) is 5.11 Å². The molecule has 20 heavy (non-hydrogen) atoms. The highest BCUT2D eigenvalue weighted by Crippen LogP contribution is 2.32. The van der Waals surface area contributed by atoms with E-state index in [-0.39, 0.29) is 0 Å². The number of aryl methyl sites for hydroxylation is 1. The van der Waals surface area contributed by atoms with Crippen molar-refractivity contribution in [2.24, 2.45) is 0 Å². The molecule has 106 valence electrons. The van der Waals surface area contributed by atoms with E-state index in [1.807, 2.05) is 31.2 Å². The van der Waals surface area contributed by atoms with Crippen LogP contribution in [0.15, 0.2) is 42.5 Å². The molecule has 0 spiro atoms. The number of aliphatic hydroxyl groups excluding tert-OH is 1. The highest BCUT2D eigenvalue weighted by Gasteiger charge is 2.11. The summed E-state index contributed by atoms with van der Waals surface area (Å²) in [5.41, 5.74) is 3.15. The van der Waals surface area contributed by atoms with Crippen LogP contribution in [0.1, 0.15) is 49.5 Å². The van der Waals surface area contributed by atoms with Gasteiger partial charge in [0.2, 0.25) is 0 Å². The van der Waals surface area contributed by atoms with Crippen molar-refractivity contribution >= 4 is 0 Å². The van der Waals surface area contributed by atoms with Crippen molar-refractivity contribution in [2.45, 2.75) is 39.7 Å². The fraction of sp³-hybridized carbons (Fsp3) is 0.333. The number of para-hydroxylation sites is 1. The summed E-state index contributed by atoms with van der Waals surface area (Å²) in [4.78, 5) is 0. The lowest BCUT2D eigenvalue weighted by Gasteiger charge is -2.16. The molecule has 0 heterocycles. The molecule has 0 bridgehead atoms. The van der Waals surface area contributed by atoms with Gasteiger partial charge in [-0.1, -0.05) is 44.2 Å². The highest BCUT2D eigenvalue weighted by molar-refractivity contribution is 5.43. The molecule has 0 radical (unpaired) electrons. The van der Waals surface area contributed by atoms with Crippen molar-refractivity contribution in [3.05, 3.63) is 59.2 Å². The Balaban J connectivity index is 2.37. The maximum Gasteiger partial charge on any atom is 0.133 e. The monoisotopic (exact) mass is 270 g/mol. The number of benzene rings is 2. The van der Waals surface area contributed by atoms with Crippen LogP contribution in [0.25, 0.3) is 0 Å². The normalized spacial score (nSPS) is 12.5. The second-order valence-corrected chi connectivity index (χ2v) is 5.50. The Morgan fingerprint density at radius 3 is 2.30 bits per heavy atom. The molecule has 0 unspecified atom stereocenters. The zero-order valence-corrected chi connectivity index (χ0v) is 12.6. The Hall–Kier alpha value is -1.80. The van der Waals surface area contributed by atoms with Crippen LogP contribution in [0.5, 0.6) is 11.5 Å². The molecule has 0 amide bonds. The molecule has 0 aliphatic rings. The molecule has 0 saturated carbocycles. The lowest BCUT2D eigenvalue weighted by atomic mass is 10.0. The maximum absolute atomic E-state index is 9.81. The molecule has 2 aromatic carbocycles. The van der Waals surface area contributed by atoms with Gasteiger partial charge in [-0.15, -0.1) is 0 Å². The van der Waals surface area contributed by atoms with Crippen molar-refractivity contribution in [3.8, 4) is 11.5 Å². The first-order valence-corrected chi connectivity index (χ1v) is 7.04. The quantitative estimate of drug-likeness (QED) is 0.850. The number of rotatable bonds is 4. The van der Waals surface area contributed by atoms with E-state index in [0.717, 1.165) is 16.9 Å². The van der Waals surface area contributed by atoms with E-state index >= 15 is 0 Å². The first-order valence-electron chi connectivity index (χ1n) is 7.04. The average Bonchev–Trinajstić information content (AvgIpc) is 2.41. The van der Waals surface area contributed by atoms with Gasteiger partial charge in [0.05, 0.1) is 6.10 Å². The topological polar surface area (TPSA) is 29.5 Å². The Morgan fingerprint density at radius 2 is 1.65 bits per heavy atom. The minimum absolute atomic E-state index is 0.463. The standard InChI is InChI=1S/C18H22O2/c1-12(2)15-10-9-13(3)18(11-15)20-17-8-6-5-7-16(17)14(4)19/h5-12,14,19H,1-4H3/t14-/m0/s1. The molecule has 0 aliphatic carbocycles. The summed E-state index contributed by atoms with van der Waals surface area (Å²) in [5, 5.41) is 9.81. The Morgan fingerprint density at radius 1 is 0.950 bits per heavy atom. The van der Waals surface area contributed by atoms with Crippen LogP contribution >= 0.6 is 0 Å². The number of ether oxygens (including phenoxy) is 1. The van der Waals surface area contributed by atoms with E-state index in [1.165, 1.54) is 5.56 Å². The fourth-order valence-corrected chi connectivity index (χ4v) is 2.12. The molecule has 0 aliphatic heterocycles. The fourth-order valence-electron chi connectivity index (χ4n) is 2.12. The van der Waals surface area contributed by atoms with Crippen molar-refractivity contribution in [1.29, 1.82) is 0 Å². The Bertz CT molecular complexity index is 586. The Labute approximate surface area is 121 Å². The first-order chi connectivity index (χ1) is 9.49. The van der Waals surface area contributed by atoms with Gasteiger partial charge in [0.25, 0.3) is 0 Å². The van der Waals surface area contributed by atoms with Gasteiger partial charge in [-0.05, 0) is 43.0 Å². The SMILES string of the molecule is Cc1ccc(C(C)C)cc1Oc1ccccc1[C@H](C)O.